The van der Waals surface area contributed by atoms with Crippen molar-refractivity contribution in [3.63, 3.8) is 0 Å². The molecule has 1 aliphatic heterocycles. The third-order valence-electron chi connectivity index (χ3n) is 2.89. The molecule has 0 aromatic carbocycles. The minimum Gasteiger partial charge on any atom is -0.480 e. The Bertz CT molecular complexity index is 355. The van der Waals surface area contributed by atoms with Gasteiger partial charge in [0.25, 0.3) is 0 Å². The molecular weight excluding hydrogens is 210 g/mol. The average molecular weight is 225 g/mol. The van der Waals surface area contributed by atoms with Crippen LogP contribution in [0.4, 0.5) is 0 Å². The van der Waals surface area contributed by atoms with E-state index in [1.807, 2.05) is 18.4 Å². The summed E-state index contributed by atoms with van der Waals surface area (Å²) in [5.74, 6) is -0.720. The highest BCUT2D eigenvalue weighted by Crippen LogP contribution is 2.31. The summed E-state index contributed by atoms with van der Waals surface area (Å²) < 4.78 is 0. The summed E-state index contributed by atoms with van der Waals surface area (Å²) in [5, 5.41) is 11.3. The predicted molar refractivity (Wildman–Crippen MR) is 60.2 cm³/mol. The van der Waals surface area contributed by atoms with Gasteiger partial charge in [0, 0.05) is 4.88 Å². The highest BCUT2D eigenvalue weighted by atomic mass is 32.1. The minimum atomic E-state index is -0.720. The van der Waals surface area contributed by atoms with Gasteiger partial charge in [-0.05, 0) is 49.9 Å². The second-order valence-corrected chi connectivity index (χ2v) is 4.90. The van der Waals surface area contributed by atoms with Gasteiger partial charge >= 0.3 is 5.97 Å². The molecule has 15 heavy (non-hydrogen) atoms. The molecule has 1 aromatic heterocycles. The van der Waals surface area contributed by atoms with E-state index in [0.29, 0.717) is 0 Å². The first kappa shape index (κ1) is 10.6. The lowest BCUT2D eigenvalue weighted by molar-refractivity contribution is -0.143. The number of nitrogens with zero attached hydrogens (tertiary/aromatic N) is 1. The molecule has 1 unspecified atom stereocenters. The van der Waals surface area contributed by atoms with Crippen molar-refractivity contribution in [1.29, 1.82) is 0 Å². The summed E-state index contributed by atoms with van der Waals surface area (Å²) in [6.45, 7) is 3.81. The molecule has 0 spiro atoms. The van der Waals surface area contributed by atoms with E-state index in [4.69, 9.17) is 0 Å². The zero-order chi connectivity index (χ0) is 10.8. The number of hydrogen-bond donors (Lipinski definition) is 1. The molecule has 0 amide bonds. The highest BCUT2D eigenvalue weighted by Gasteiger charge is 2.31. The van der Waals surface area contributed by atoms with Crippen LogP contribution in [-0.4, -0.2) is 29.1 Å². The third-order valence-corrected chi connectivity index (χ3v) is 3.96. The van der Waals surface area contributed by atoms with Gasteiger partial charge in [-0.3, -0.25) is 9.69 Å². The molecule has 1 N–H and O–H groups in total. The van der Waals surface area contributed by atoms with Crippen LogP contribution in [0, 0.1) is 6.92 Å². The Kier molecular flexibility index (Phi) is 3.07. The molecule has 0 aliphatic carbocycles. The van der Waals surface area contributed by atoms with E-state index in [-0.39, 0.29) is 0 Å². The molecule has 0 radical (unpaired) electrons. The van der Waals surface area contributed by atoms with Crippen molar-refractivity contribution < 1.29 is 9.90 Å². The molecule has 0 bridgehead atoms. The van der Waals surface area contributed by atoms with Gasteiger partial charge in [-0.1, -0.05) is 0 Å². The lowest BCUT2D eigenvalue weighted by atomic mass is 10.1. The summed E-state index contributed by atoms with van der Waals surface area (Å²) in [6.07, 6.45) is 2.24. The zero-order valence-electron chi connectivity index (χ0n) is 8.77. The van der Waals surface area contributed by atoms with Gasteiger partial charge in [-0.2, -0.15) is 0 Å². The lowest BCUT2D eigenvalue weighted by Gasteiger charge is -2.23. The van der Waals surface area contributed by atoms with Crippen LogP contribution >= 0.6 is 11.3 Å². The summed E-state index contributed by atoms with van der Waals surface area (Å²) in [6, 6.07) is 1.57. The quantitative estimate of drug-likeness (QED) is 0.858. The lowest BCUT2D eigenvalue weighted by Crippen LogP contribution is -2.31. The Morgan fingerprint density at radius 3 is 2.67 bits per heavy atom. The Hall–Kier alpha value is -0.870. The van der Waals surface area contributed by atoms with Gasteiger partial charge < -0.3 is 5.11 Å². The monoisotopic (exact) mass is 225 g/mol. The van der Waals surface area contributed by atoms with Crippen molar-refractivity contribution in [1.82, 2.24) is 4.90 Å². The fourth-order valence-electron chi connectivity index (χ4n) is 2.10. The number of hydrogen-bond acceptors (Lipinski definition) is 3. The molecule has 1 fully saturated rings. The molecule has 3 nitrogen and oxygen atoms in total. The molecule has 1 atom stereocenters. The van der Waals surface area contributed by atoms with Crippen LogP contribution in [0.2, 0.25) is 0 Å². The molecule has 1 saturated heterocycles. The average Bonchev–Trinajstić information content (AvgIpc) is 2.79. The first-order chi connectivity index (χ1) is 7.20. The fourth-order valence-corrected chi connectivity index (χ4v) is 3.15. The van der Waals surface area contributed by atoms with Crippen LogP contribution < -0.4 is 0 Å². The molecule has 2 rings (SSSR count). The largest absolute Gasteiger partial charge is 0.480 e. The summed E-state index contributed by atoms with van der Waals surface area (Å²) in [7, 11) is 0. The van der Waals surface area contributed by atoms with Crippen LogP contribution in [0.3, 0.4) is 0 Å². The first-order valence-corrected chi connectivity index (χ1v) is 6.09. The zero-order valence-corrected chi connectivity index (χ0v) is 9.59. The molecule has 4 heteroatoms. The third kappa shape index (κ3) is 2.06. The Labute approximate surface area is 93.3 Å². The van der Waals surface area contributed by atoms with Gasteiger partial charge in [0.1, 0.15) is 6.04 Å². The van der Waals surface area contributed by atoms with Crippen LogP contribution in [0.5, 0.6) is 0 Å². The van der Waals surface area contributed by atoms with Gasteiger partial charge in [0.05, 0.1) is 0 Å². The Balaban J connectivity index is 2.27. The van der Waals surface area contributed by atoms with Crippen molar-refractivity contribution in [2.45, 2.75) is 25.8 Å². The van der Waals surface area contributed by atoms with Crippen molar-refractivity contribution >= 4 is 17.3 Å². The van der Waals surface area contributed by atoms with Crippen molar-refractivity contribution in [3.05, 3.63) is 21.9 Å². The molecule has 1 aliphatic rings. The normalized spacial score (nSPS) is 19.3. The summed E-state index contributed by atoms with van der Waals surface area (Å²) in [4.78, 5) is 14.4. The van der Waals surface area contributed by atoms with E-state index in [1.54, 1.807) is 11.3 Å². The molecule has 82 valence electrons. The number of carboxylic acid groups (broad SMARTS) is 1. The molecule has 0 saturated carbocycles. The van der Waals surface area contributed by atoms with Crippen molar-refractivity contribution in [3.8, 4) is 0 Å². The number of likely N-dealkylation sites (tertiary alicyclic amines) is 1. The number of carboxylic acids is 1. The standard InChI is InChI=1S/C11H15NO2S/c1-8-4-7-15-10(8)9(11(13)14)12-5-2-3-6-12/h4,7,9H,2-3,5-6H2,1H3,(H,13,14). The number of aryl methyl sites for hydroxylation is 1. The van der Waals surface area contributed by atoms with Crippen LogP contribution in [0.25, 0.3) is 0 Å². The maximum Gasteiger partial charge on any atom is 0.326 e. The minimum absolute atomic E-state index is 0.424. The molecular formula is C11H15NO2S. The fraction of sp³-hybridized carbons (Fsp3) is 0.545. The van der Waals surface area contributed by atoms with E-state index < -0.39 is 12.0 Å². The highest BCUT2D eigenvalue weighted by molar-refractivity contribution is 7.10. The number of rotatable bonds is 3. The topological polar surface area (TPSA) is 40.5 Å². The molecule has 2 heterocycles. The first-order valence-electron chi connectivity index (χ1n) is 5.21. The second kappa shape index (κ2) is 4.33. The number of carbonyl (C=O) groups is 1. The van der Waals surface area contributed by atoms with Crippen molar-refractivity contribution in [2.75, 3.05) is 13.1 Å². The van der Waals surface area contributed by atoms with Crippen molar-refractivity contribution in [2.24, 2.45) is 0 Å². The van der Waals surface area contributed by atoms with Gasteiger partial charge in [0.15, 0.2) is 0 Å². The number of thiophene rings is 1. The van der Waals surface area contributed by atoms with Gasteiger partial charge in [-0.25, -0.2) is 0 Å². The Morgan fingerprint density at radius 1 is 1.53 bits per heavy atom. The van der Waals surface area contributed by atoms with E-state index >= 15 is 0 Å². The second-order valence-electron chi connectivity index (χ2n) is 3.95. The van der Waals surface area contributed by atoms with Gasteiger partial charge in [-0.15, -0.1) is 11.3 Å². The van der Waals surface area contributed by atoms with E-state index in [1.165, 1.54) is 0 Å². The summed E-state index contributed by atoms with van der Waals surface area (Å²) >= 11 is 1.55. The predicted octanol–water partition coefficient (Wildman–Crippen LogP) is 2.28. The van der Waals surface area contributed by atoms with Crippen LogP contribution in [-0.2, 0) is 4.79 Å². The SMILES string of the molecule is Cc1ccsc1C(C(=O)O)N1CCCC1. The van der Waals surface area contributed by atoms with E-state index in [0.717, 1.165) is 36.4 Å². The maximum atomic E-state index is 11.3. The Morgan fingerprint density at radius 2 is 2.20 bits per heavy atom. The van der Waals surface area contributed by atoms with E-state index in [9.17, 15) is 9.90 Å². The maximum absolute atomic E-state index is 11.3. The van der Waals surface area contributed by atoms with E-state index in [2.05, 4.69) is 4.90 Å². The van der Waals surface area contributed by atoms with Gasteiger partial charge in [0.2, 0.25) is 0 Å². The van der Waals surface area contributed by atoms with Crippen LogP contribution in [0.15, 0.2) is 11.4 Å². The molecule has 1 aromatic rings. The smallest absolute Gasteiger partial charge is 0.326 e. The summed E-state index contributed by atoms with van der Waals surface area (Å²) in [5.41, 5.74) is 1.10. The number of aliphatic carboxylic acids is 1. The van der Waals surface area contributed by atoms with Crippen LogP contribution in [0.1, 0.15) is 29.3 Å².